The number of hydrogen-bond acceptors (Lipinski definition) is 4. The van der Waals surface area contributed by atoms with E-state index in [4.69, 9.17) is 9.47 Å². The Balaban J connectivity index is 1.44. The molecule has 1 saturated carbocycles. The van der Waals surface area contributed by atoms with Crippen LogP contribution in [0.15, 0.2) is 48.8 Å². The fourth-order valence-electron chi connectivity index (χ4n) is 4.24. The SMILES string of the molecule is COc1cccc(OC[C@@H]2[C@@H]3CC[C@H](C3)N2Cc2cccnc2)c1. The molecule has 0 amide bonds. The zero-order valence-electron chi connectivity index (χ0n) is 14.1. The summed E-state index contributed by atoms with van der Waals surface area (Å²) in [6, 6.07) is 13.3. The van der Waals surface area contributed by atoms with Crippen LogP contribution in [0.5, 0.6) is 11.5 Å². The smallest absolute Gasteiger partial charge is 0.123 e. The van der Waals surface area contributed by atoms with Gasteiger partial charge in [-0.25, -0.2) is 0 Å². The molecule has 1 aliphatic heterocycles. The van der Waals surface area contributed by atoms with E-state index in [1.54, 1.807) is 7.11 Å². The predicted molar refractivity (Wildman–Crippen MR) is 93.2 cm³/mol. The molecule has 4 heteroatoms. The number of ether oxygens (including phenoxy) is 2. The molecule has 2 fully saturated rings. The molecular weight excluding hydrogens is 300 g/mol. The average molecular weight is 324 g/mol. The number of aromatic nitrogens is 1. The van der Waals surface area contributed by atoms with Crippen molar-refractivity contribution in [1.82, 2.24) is 9.88 Å². The summed E-state index contributed by atoms with van der Waals surface area (Å²) >= 11 is 0. The third kappa shape index (κ3) is 3.11. The van der Waals surface area contributed by atoms with Crippen LogP contribution in [-0.2, 0) is 6.54 Å². The standard InChI is InChI=1S/C20H24N2O2/c1-23-18-5-2-6-19(11-18)24-14-20-16-7-8-17(10-16)22(20)13-15-4-3-9-21-12-15/h2-6,9,11-12,16-17,20H,7-8,10,13-14H2,1H3/t16-,17-,20-/m1/s1. The highest BCUT2D eigenvalue weighted by molar-refractivity contribution is 5.32. The number of fused-ring (bicyclic) bond motifs is 2. The second kappa shape index (κ2) is 6.81. The van der Waals surface area contributed by atoms with Crippen molar-refractivity contribution in [2.75, 3.05) is 13.7 Å². The first-order valence-corrected chi connectivity index (χ1v) is 8.75. The van der Waals surface area contributed by atoms with Gasteiger partial charge < -0.3 is 9.47 Å². The lowest BCUT2D eigenvalue weighted by Crippen LogP contribution is -2.43. The summed E-state index contributed by atoms with van der Waals surface area (Å²) in [4.78, 5) is 6.89. The quantitative estimate of drug-likeness (QED) is 0.814. The van der Waals surface area contributed by atoms with Gasteiger partial charge in [0.25, 0.3) is 0 Å². The Morgan fingerprint density at radius 1 is 1.17 bits per heavy atom. The molecule has 0 radical (unpaired) electrons. The Morgan fingerprint density at radius 2 is 2.08 bits per heavy atom. The lowest BCUT2D eigenvalue weighted by molar-refractivity contribution is 0.0866. The van der Waals surface area contributed by atoms with E-state index in [-0.39, 0.29) is 0 Å². The van der Waals surface area contributed by atoms with Crippen LogP contribution in [0, 0.1) is 5.92 Å². The van der Waals surface area contributed by atoms with Gasteiger partial charge in [0.15, 0.2) is 0 Å². The summed E-state index contributed by atoms with van der Waals surface area (Å²) in [5.41, 5.74) is 1.29. The molecule has 0 unspecified atom stereocenters. The summed E-state index contributed by atoms with van der Waals surface area (Å²) in [6.07, 6.45) is 7.78. The van der Waals surface area contributed by atoms with Gasteiger partial charge in [-0.3, -0.25) is 9.88 Å². The summed E-state index contributed by atoms with van der Waals surface area (Å²) < 4.78 is 11.4. The predicted octanol–water partition coefficient (Wildman–Crippen LogP) is 3.52. The molecule has 2 bridgehead atoms. The van der Waals surface area contributed by atoms with Gasteiger partial charge >= 0.3 is 0 Å². The third-order valence-electron chi connectivity index (χ3n) is 5.43. The van der Waals surface area contributed by atoms with Gasteiger partial charge in [0.1, 0.15) is 18.1 Å². The van der Waals surface area contributed by atoms with E-state index in [1.807, 2.05) is 42.7 Å². The fourth-order valence-corrected chi connectivity index (χ4v) is 4.24. The number of piperidine rings is 1. The molecule has 4 nitrogen and oxygen atoms in total. The van der Waals surface area contributed by atoms with Crippen LogP contribution < -0.4 is 9.47 Å². The number of likely N-dealkylation sites (tertiary alicyclic amines) is 1. The highest BCUT2D eigenvalue weighted by Crippen LogP contribution is 2.43. The van der Waals surface area contributed by atoms with Crippen molar-refractivity contribution in [2.24, 2.45) is 5.92 Å². The molecule has 4 rings (SSSR count). The van der Waals surface area contributed by atoms with E-state index in [9.17, 15) is 0 Å². The molecule has 1 saturated heterocycles. The van der Waals surface area contributed by atoms with Crippen LogP contribution in [0.3, 0.4) is 0 Å². The second-order valence-corrected chi connectivity index (χ2v) is 6.82. The number of methoxy groups -OCH3 is 1. The third-order valence-corrected chi connectivity index (χ3v) is 5.43. The Hall–Kier alpha value is -2.07. The number of rotatable bonds is 6. The summed E-state index contributed by atoms with van der Waals surface area (Å²) in [7, 11) is 1.69. The molecule has 3 atom stereocenters. The number of hydrogen-bond donors (Lipinski definition) is 0. The van der Waals surface area contributed by atoms with Crippen molar-refractivity contribution in [3.63, 3.8) is 0 Å². The van der Waals surface area contributed by atoms with Crippen molar-refractivity contribution in [3.05, 3.63) is 54.4 Å². The molecule has 2 heterocycles. The Morgan fingerprint density at radius 3 is 2.92 bits per heavy atom. The second-order valence-electron chi connectivity index (χ2n) is 6.82. The Kier molecular flexibility index (Phi) is 4.39. The van der Waals surface area contributed by atoms with Gasteiger partial charge in [-0.2, -0.15) is 0 Å². The van der Waals surface area contributed by atoms with Gasteiger partial charge in [0.05, 0.1) is 7.11 Å². The van der Waals surface area contributed by atoms with Gasteiger partial charge in [-0.1, -0.05) is 12.1 Å². The maximum absolute atomic E-state index is 6.12. The molecule has 0 spiro atoms. The summed E-state index contributed by atoms with van der Waals surface area (Å²) in [5.74, 6) is 2.49. The van der Waals surface area contributed by atoms with Gasteiger partial charge in [-0.05, 0) is 48.9 Å². The van der Waals surface area contributed by atoms with Gasteiger partial charge in [0, 0.05) is 37.1 Å². The van der Waals surface area contributed by atoms with Crippen molar-refractivity contribution in [3.8, 4) is 11.5 Å². The maximum Gasteiger partial charge on any atom is 0.123 e. The van der Waals surface area contributed by atoms with Crippen LogP contribution in [-0.4, -0.2) is 35.7 Å². The van der Waals surface area contributed by atoms with Crippen LogP contribution in [0.1, 0.15) is 24.8 Å². The number of benzene rings is 1. The average Bonchev–Trinajstić information content (AvgIpc) is 3.23. The molecule has 1 aromatic heterocycles. The van der Waals surface area contributed by atoms with Gasteiger partial charge in [0.2, 0.25) is 0 Å². The van der Waals surface area contributed by atoms with Crippen molar-refractivity contribution < 1.29 is 9.47 Å². The minimum atomic E-state index is 0.496. The normalized spacial score (nSPS) is 25.8. The monoisotopic (exact) mass is 324 g/mol. The summed E-state index contributed by atoms with van der Waals surface area (Å²) in [6.45, 7) is 1.72. The molecule has 1 aliphatic carbocycles. The molecule has 2 aromatic rings. The molecular formula is C20H24N2O2. The number of pyridine rings is 1. The lowest BCUT2D eigenvalue weighted by atomic mass is 9.99. The van der Waals surface area contributed by atoms with Crippen LogP contribution in [0.2, 0.25) is 0 Å². The summed E-state index contributed by atoms with van der Waals surface area (Å²) in [5, 5.41) is 0. The van der Waals surface area contributed by atoms with Crippen molar-refractivity contribution >= 4 is 0 Å². The van der Waals surface area contributed by atoms with Crippen molar-refractivity contribution in [2.45, 2.75) is 37.9 Å². The number of nitrogens with zero attached hydrogens (tertiary/aromatic N) is 2. The molecule has 24 heavy (non-hydrogen) atoms. The first kappa shape index (κ1) is 15.5. The lowest BCUT2D eigenvalue weighted by Gasteiger charge is -2.35. The maximum atomic E-state index is 6.12. The largest absolute Gasteiger partial charge is 0.497 e. The first-order chi connectivity index (χ1) is 11.8. The van der Waals surface area contributed by atoms with Crippen molar-refractivity contribution in [1.29, 1.82) is 0 Å². The topological polar surface area (TPSA) is 34.6 Å². The van der Waals surface area contributed by atoms with E-state index in [2.05, 4.69) is 16.0 Å². The van der Waals surface area contributed by atoms with Crippen LogP contribution in [0.4, 0.5) is 0 Å². The van der Waals surface area contributed by atoms with E-state index in [0.29, 0.717) is 12.1 Å². The van der Waals surface area contributed by atoms with E-state index in [1.165, 1.54) is 24.8 Å². The van der Waals surface area contributed by atoms with Crippen LogP contribution in [0.25, 0.3) is 0 Å². The van der Waals surface area contributed by atoms with Gasteiger partial charge in [-0.15, -0.1) is 0 Å². The molecule has 0 N–H and O–H groups in total. The minimum absolute atomic E-state index is 0.496. The first-order valence-electron chi connectivity index (χ1n) is 8.75. The van der Waals surface area contributed by atoms with Crippen LogP contribution >= 0.6 is 0 Å². The minimum Gasteiger partial charge on any atom is -0.497 e. The van der Waals surface area contributed by atoms with E-state index < -0.39 is 0 Å². The highest BCUT2D eigenvalue weighted by atomic mass is 16.5. The fraction of sp³-hybridized carbons (Fsp3) is 0.450. The highest BCUT2D eigenvalue weighted by Gasteiger charge is 2.45. The zero-order valence-corrected chi connectivity index (χ0v) is 14.1. The van der Waals surface area contributed by atoms with E-state index >= 15 is 0 Å². The molecule has 2 aliphatic rings. The zero-order chi connectivity index (χ0) is 16.4. The van der Waals surface area contributed by atoms with E-state index in [0.717, 1.165) is 30.6 Å². The Labute approximate surface area is 143 Å². The molecule has 126 valence electrons. The molecule has 1 aromatic carbocycles. The Bertz CT molecular complexity index is 676.